The Morgan fingerprint density at radius 3 is 2.74 bits per heavy atom. The van der Waals surface area contributed by atoms with Crippen molar-refractivity contribution < 1.29 is 33.4 Å². The second-order valence-electron chi connectivity index (χ2n) is 8.82. The monoisotopic (exact) mass is 535 g/mol. The number of carbonyl (C=O) groups excluding carboxylic acids is 4. The molecule has 0 spiro atoms. The molecule has 11 heteroatoms. The number of anilines is 1. The van der Waals surface area contributed by atoms with Crippen molar-refractivity contribution in [2.24, 2.45) is 0 Å². The molecule has 2 aromatic carbocycles. The van der Waals surface area contributed by atoms with Crippen LogP contribution in [-0.4, -0.2) is 51.9 Å². The number of carbonyl (C=O) groups is 4. The van der Waals surface area contributed by atoms with Crippen LogP contribution in [0.25, 0.3) is 17.0 Å². The quantitative estimate of drug-likeness (QED) is 0.334. The molecule has 3 aromatic rings. The van der Waals surface area contributed by atoms with Crippen molar-refractivity contribution in [1.82, 2.24) is 9.47 Å². The van der Waals surface area contributed by atoms with Crippen LogP contribution in [-0.2, 0) is 25.7 Å². The molecule has 0 aliphatic carbocycles. The molecule has 1 aromatic heterocycles. The summed E-state index contributed by atoms with van der Waals surface area (Å²) in [5.74, 6) is -0.248. The maximum atomic E-state index is 12.9. The molecule has 0 bridgehead atoms. The lowest BCUT2D eigenvalue weighted by Gasteiger charge is -2.14. The molecular weight excluding hydrogens is 510 g/mol. The third-order valence-electron chi connectivity index (χ3n) is 6.14. The van der Waals surface area contributed by atoms with Crippen molar-refractivity contribution in [3.05, 3.63) is 59.1 Å². The minimum absolute atomic E-state index is 0.0196. The molecule has 1 saturated heterocycles. The van der Waals surface area contributed by atoms with Crippen LogP contribution in [0, 0.1) is 0 Å². The summed E-state index contributed by atoms with van der Waals surface area (Å²) in [4.78, 5) is 51.5. The normalized spacial score (nSPS) is 16.4. The summed E-state index contributed by atoms with van der Waals surface area (Å²) in [5.41, 5.74) is 2.04. The summed E-state index contributed by atoms with van der Waals surface area (Å²) < 4.78 is 17.6. The van der Waals surface area contributed by atoms with Crippen molar-refractivity contribution in [3.8, 4) is 11.5 Å². The van der Waals surface area contributed by atoms with Gasteiger partial charge in [0.15, 0.2) is 11.5 Å². The zero-order valence-corrected chi connectivity index (χ0v) is 21.6. The van der Waals surface area contributed by atoms with E-state index in [1.54, 1.807) is 42.0 Å². The summed E-state index contributed by atoms with van der Waals surface area (Å²) in [5, 5.41) is 3.14. The zero-order chi connectivity index (χ0) is 26.8. The molecule has 2 aliphatic rings. The molecule has 5 rings (SSSR count). The van der Waals surface area contributed by atoms with E-state index < -0.39 is 23.7 Å². The van der Waals surface area contributed by atoms with Crippen molar-refractivity contribution in [2.75, 3.05) is 18.7 Å². The van der Waals surface area contributed by atoms with Gasteiger partial charge in [-0.05, 0) is 49.4 Å². The van der Waals surface area contributed by atoms with Gasteiger partial charge in [0.2, 0.25) is 12.7 Å². The number of rotatable bonds is 8. The number of imide groups is 1. The molecule has 1 atom stereocenters. The van der Waals surface area contributed by atoms with Crippen LogP contribution in [0.5, 0.6) is 11.5 Å². The van der Waals surface area contributed by atoms with Gasteiger partial charge in [-0.25, -0.2) is 0 Å². The van der Waals surface area contributed by atoms with Crippen molar-refractivity contribution in [2.45, 2.75) is 32.9 Å². The van der Waals surface area contributed by atoms with Crippen LogP contribution in [0.1, 0.15) is 25.8 Å². The largest absolute Gasteiger partial charge is 0.461 e. The molecular formula is C27H25N3O7S. The number of hydrogen-bond donors (Lipinski definition) is 1. The highest BCUT2D eigenvalue weighted by atomic mass is 32.2. The lowest BCUT2D eigenvalue weighted by molar-refractivity contribution is -0.150. The number of para-hydroxylation sites is 1. The minimum atomic E-state index is -0.632. The molecule has 1 fully saturated rings. The van der Waals surface area contributed by atoms with Gasteiger partial charge in [-0.1, -0.05) is 25.1 Å². The Labute approximate surface area is 222 Å². The maximum absolute atomic E-state index is 12.9. The fourth-order valence-corrected chi connectivity index (χ4v) is 4.93. The molecule has 196 valence electrons. The second kappa shape index (κ2) is 10.6. The first-order chi connectivity index (χ1) is 18.3. The van der Waals surface area contributed by atoms with Gasteiger partial charge in [-0.15, -0.1) is 0 Å². The Bertz CT molecular complexity index is 1480. The summed E-state index contributed by atoms with van der Waals surface area (Å²) in [6.07, 6.45) is 3.70. The van der Waals surface area contributed by atoms with Gasteiger partial charge in [0.05, 0.1) is 11.0 Å². The summed E-state index contributed by atoms with van der Waals surface area (Å²) >= 11 is 0.767. The van der Waals surface area contributed by atoms with Gasteiger partial charge < -0.3 is 24.1 Å². The Hall–Kier alpha value is -4.25. The standard InChI is InChI=1S/C27H25N3O7S/c1-3-16(2)37-25(32)14-30-26(33)23(38-27(30)34)10-17-12-29(20-7-5-4-6-19(17)20)13-24(31)28-18-8-9-21-22(11-18)36-15-35-21/h4-12,16H,3,13-15H2,1-2H3,(H,28,31)/b23-10-/t16-/m1/s1. The summed E-state index contributed by atoms with van der Waals surface area (Å²) in [7, 11) is 0. The Kier molecular flexibility index (Phi) is 7.10. The minimum Gasteiger partial charge on any atom is -0.461 e. The van der Waals surface area contributed by atoms with Crippen molar-refractivity contribution in [1.29, 1.82) is 0 Å². The van der Waals surface area contributed by atoms with Crippen LogP contribution in [0.2, 0.25) is 0 Å². The number of esters is 1. The molecule has 1 N–H and O–H groups in total. The molecule has 0 radical (unpaired) electrons. The Morgan fingerprint density at radius 1 is 1.13 bits per heavy atom. The summed E-state index contributed by atoms with van der Waals surface area (Å²) in [6, 6.07) is 12.6. The van der Waals surface area contributed by atoms with Crippen LogP contribution in [0.4, 0.5) is 10.5 Å². The highest BCUT2D eigenvalue weighted by molar-refractivity contribution is 8.18. The lowest BCUT2D eigenvalue weighted by Crippen LogP contribution is -2.35. The van der Waals surface area contributed by atoms with Crippen LogP contribution < -0.4 is 14.8 Å². The van der Waals surface area contributed by atoms with Gasteiger partial charge in [-0.2, -0.15) is 0 Å². The van der Waals surface area contributed by atoms with Gasteiger partial charge in [0, 0.05) is 34.4 Å². The van der Waals surface area contributed by atoms with E-state index >= 15 is 0 Å². The van der Waals surface area contributed by atoms with Crippen LogP contribution in [0.15, 0.2) is 53.6 Å². The van der Waals surface area contributed by atoms with E-state index in [1.165, 1.54) is 0 Å². The van der Waals surface area contributed by atoms with Crippen molar-refractivity contribution >= 4 is 57.5 Å². The lowest BCUT2D eigenvalue weighted by atomic mass is 10.1. The van der Waals surface area contributed by atoms with E-state index in [2.05, 4.69) is 5.32 Å². The number of fused-ring (bicyclic) bond motifs is 2. The molecule has 10 nitrogen and oxygen atoms in total. The first-order valence-electron chi connectivity index (χ1n) is 12.0. The molecule has 38 heavy (non-hydrogen) atoms. The average molecular weight is 536 g/mol. The fourth-order valence-electron chi connectivity index (χ4n) is 4.10. The SMILES string of the molecule is CC[C@@H](C)OC(=O)CN1C(=O)S/C(=C\c2cn(CC(=O)Nc3ccc4c(c3)OCO4)c3ccccc23)C1=O. The molecule has 0 saturated carbocycles. The summed E-state index contributed by atoms with van der Waals surface area (Å²) in [6.45, 7) is 3.35. The Morgan fingerprint density at radius 2 is 1.92 bits per heavy atom. The molecule has 2 aliphatic heterocycles. The first kappa shape index (κ1) is 25.4. The average Bonchev–Trinajstić information content (AvgIpc) is 3.57. The van der Waals surface area contributed by atoms with E-state index in [0.29, 0.717) is 29.2 Å². The van der Waals surface area contributed by atoms with Crippen molar-refractivity contribution in [3.63, 3.8) is 0 Å². The number of amides is 3. The number of aromatic nitrogens is 1. The second-order valence-corrected chi connectivity index (χ2v) is 9.82. The van der Waals surface area contributed by atoms with E-state index in [4.69, 9.17) is 14.2 Å². The van der Waals surface area contributed by atoms with Crippen LogP contribution in [0.3, 0.4) is 0 Å². The zero-order valence-electron chi connectivity index (χ0n) is 20.8. The number of nitrogens with one attached hydrogen (secondary N) is 1. The highest BCUT2D eigenvalue weighted by Gasteiger charge is 2.37. The van der Waals surface area contributed by atoms with Gasteiger partial charge in [-0.3, -0.25) is 24.1 Å². The number of benzene rings is 2. The Balaban J connectivity index is 1.33. The number of hydrogen-bond acceptors (Lipinski definition) is 8. The fraction of sp³-hybridized carbons (Fsp3) is 0.259. The third-order valence-corrected chi connectivity index (χ3v) is 7.05. The number of thioether (sulfide) groups is 1. The van der Waals surface area contributed by atoms with Gasteiger partial charge >= 0.3 is 5.97 Å². The van der Waals surface area contributed by atoms with E-state index in [0.717, 1.165) is 27.6 Å². The van der Waals surface area contributed by atoms with Gasteiger partial charge in [0.1, 0.15) is 13.1 Å². The predicted octanol–water partition coefficient (Wildman–Crippen LogP) is 4.39. The third kappa shape index (κ3) is 5.23. The molecule has 0 unspecified atom stereocenters. The van der Waals surface area contributed by atoms with E-state index in [1.807, 2.05) is 31.2 Å². The van der Waals surface area contributed by atoms with Crippen LogP contribution >= 0.6 is 11.8 Å². The van der Waals surface area contributed by atoms with Gasteiger partial charge in [0.25, 0.3) is 11.1 Å². The number of nitrogens with zero attached hydrogens (tertiary/aromatic N) is 2. The first-order valence-corrected chi connectivity index (χ1v) is 12.9. The predicted molar refractivity (Wildman–Crippen MR) is 142 cm³/mol. The number of ether oxygens (including phenoxy) is 3. The highest BCUT2D eigenvalue weighted by Crippen LogP contribution is 2.35. The van der Waals surface area contributed by atoms with E-state index in [-0.39, 0.29) is 30.3 Å². The maximum Gasteiger partial charge on any atom is 0.326 e. The molecule has 3 heterocycles. The smallest absolute Gasteiger partial charge is 0.326 e. The topological polar surface area (TPSA) is 116 Å². The van der Waals surface area contributed by atoms with E-state index in [9.17, 15) is 19.2 Å². The molecule has 3 amide bonds.